The number of carbonyl (C=O) groups excluding carboxylic acids is 2. The summed E-state index contributed by atoms with van der Waals surface area (Å²) >= 11 is 0. The Morgan fingerprint density at radius 3 is 2.68 bits per heavy atom. The quantitative estimate of drug-likeness (QED) is 0.636. The summed E-state index contributed by atoms with van der Waals surface area (Å²) in [6.45, 7) is 2.00. The number of esters is 1. The van der Waals surface area contributed by atoms with E-state index in [4.69, 9.17) is 4.74 Å². The van der Waals surface area contributed by atoms with Gasteiger partial charge in [-0.15, -0.1) is 0 Å². The average Bonchev–Trinajstić information content (AvgIpc) is 2.72. The summed E-state index contributed by atoms with van der Waals surface area (Å²) in [4.78, 5) is 36.8. The molecule has 0 fully saturated rings. The van der Waals surface area contributed by atoms with Crippen LogP contribution in [-0.4, -0.2) is 33.9 Å². The van der Waals surface area contributed by atoms with Gasteiger partial charge < -0.3 is 15.4 Å². The number of ether oxygens (including phenoxy) is 1. The second-order valence-electron chi connectivity index (χ2n) is 5.89. The molecule has 0 atom stereocenters. The van der Waals surface area contributed by atoms with Crippen LogP contribution in [0.1, 0.15) is 32.4 Å². The third-order valence-electron chi connectivity index (χ3n) is 3.78. The van der Waals surface area contributed by atoms with E-state index in [0.717, 1.165) is 5.69 Å². The molecule has 0 aliphatic heterocycles. The van der Waals surface area contributed by atoms with Crippen molar-refractivity contribution < 1.29 is 14.3 Å². The molecule has 1 aromatic carbocycles. The fraction of sp³-hybridized carbons (Fsp3) is 0.150. The Bertz CT molecular complexity index is 992. The Labute approximate surface area is 162 Å². The maximum Gasteiger partial charge on any atom is 0.337 e. The summed E-state index contributed by atoms with van der Waals surface area (Å²) in [5.74, 6) is 0.120. The number of aromatic nitrogens is 3. The molecule has 2 aromatic heterocycles. The summed E-state index contributed by atoms with van der Waals surface area (Å²) in [6, 6.07) is 13.8. The number of benzene rings is 1. The topological polar surface area (TPSA) is 106 Å². The molecule has 8 nitrogen and oxygen atoms in total. The summed E-state index contributed by atoms with van der Waals surface area (Å²) in [7, 11) is 1.33. The molecule has 0 aliphatic rings. The van der Waals surface area contributed by atoms with E-state index >= 15 is 0 Å². The fourth-order valence-electron chi connectivity index (χ4n) is 2.50. The zero-order chi connectivity index (χ0) is 19.9. The summed E-state index contributed by atoms with van der Waals surface area (Å²) in [6.07, 6.45) is 1.67. The second kappa shape index (κ2) is 8.72. The number of rotatable bonds is 6. The van der Waals surface area contributed by atoms with Gasteiger partial charge in [0.1, 0.15) is 17.3 Å². The van der Waals surface area contributed by atoms with E-state index in [1.54, 1.807) is 43.5 Å². The Hall–Kier alpha value is -3.81. The van der Waals surface area contributed by atoms with Crippen LogP contribution in [0.3, 0.4) is 0 Å². The first-order chi connectivity index (χ1) is 13.5. The molecule has 0 saturated carbocycles. The number of methoxy groups -OCH3 is 1. The molecule has 2 N–H and O–H groups in total. The molecular formula is C20H19N5O3. The Morgan fingerprint density at radius 1 is 1.07 bits per heavy atom. The van der Waals surface area contributed by atoms with Gasteiger partial charge in [-0.1, -0.05) is 12.1 Å². The SMILES string of the molecule is COC(=O)c1cccc(Nc2cc(C(=O)NCc3ccccn3)nc(C)n2)c1. The van der Waals surface area contributed by atoms with Crippen molar-refractivity contribution in [1.29, 1.82) is 0 Å². The molecule has 3 rings (SSSR count). The molecule has 0 radical (unpaired) electrons. The van der Waals surface area contributed by atoms with Crippen LogP contribution >= 0.6 is 0 Å². The third kappa shape index (κ3) is 4.88. The summed E-state index contributed by atoms with van der Waals surface area (Å²) < 4.78 is 4.72. The highest BCUT2D eigenvalue weighted by atomic mass is 16.5. The number of anilines is 2. The lowest BCUT2D eigenvalue weighted by atomic mass is 10.2. The van der Waals surface area contributed by atoms with Gasteiger partial charge in [0, 0.05) is 18.0 Å². The molecule has 0 saturated heterocycles. The van der Waals surface area contributed by atoms with Crippen LogP contribution in [-0.2, 0) is 11.3 Å². The normalized spacial score (nSPS) is 10.2. The molecular weight excluding hydrogens is 358 g/mol. The van der Waals surface area contributed by atoms with E-state index in [0.29, 0.717) is 29.4 Å². The van der Waals surface area contributed by atoms with Gasteiger partial charge in [0.15, 0.2) is 0 Å². The minimum Gasteiger partial charge on any atom is -0.465 e. The largest absolute Gasteiger partial charge is 0.465 e. The van der Waals surface area contributed by atoms with Crippen molar-refractivity contribution in [3.8, 4) is 0 Å². The predicted molar refractivity (Wildman–Crippen MR) is 103 cm³/mol. The lowest BCUT2D eigenvalue weighted by molar-refractivity contribution is 0.0600. The van der Waals surface area contributed by atoms with Gasteiger partial charge in [0.25, 0.3) is 5.91 Å². The van der Waals surface area contributed by atoms with Crippen molar-refractivity contribution in [2.75, 3.05) is 12.4 Å². The first-order valence-electron chi connectivity index (χ1n) is 8.54. The van der Waals surface area contributed by atoms with Crippen LogP contribution in [0.4, 0.5) is 11.5 Å². The minimum atomic E-state index is -0.433. The fourth-order valence-corrected chi connectivity index (χ4v) is 2.50. The lowest BCUT2D eigenvalue weighted by Crippen LogP contribution is -2.24. The predicted octanol–water partition coefficient (Wildman–Crippen LogP) is 2.64. The van der Waals surface area contributed by atoms with Crippen molar-refractivity contribution >= 4 is 23.4 Å². The van der Waals surface area contributed by atoms with Gasteiger partial charge >= 0.3 is 5.97 Å². The van der Waals surface area contributed by atoms with E-state index in [9.17, 15) is 9.59 Å². The number of carbonyl (C=O) groups is 2. The number of pyridine rings is 1. The lowest BCUT2D eigenvalue weighted by Gasteiger charge is -2.10. The molecule has 28 heavy (non-hydrogen) atoms. The average molecular weight is 377 g/mol. The van der Waals surface area contributed by atoms with Crippen LogP contribution in [0.5, 0.6) is 0 Å². The highest BCUT2D eigenvalue weighted by Crippen LogP contribution is 2.17. The molecule has 0 unspecified atom stereocenters. The van der Waals surface area contributed by atoms with Crippen LogP contribution in [0, 0.1) is 6.92 Å². The van der Waals surface area contributed by atoms with Crippen molar-refractivity contribution in [3.05, 3.63) is 77.5 Å². The number of amides is 1. The van der Waals surface area contributed by atoms with Crippen LogP contribution < -0.4 is 10.6 Å². The van der Waals surface area contributed by atoms with E-state index in [1.807, 2.05) is 18.2 Å². The highest BCUT2D eigenvalue weighted by molar-refractivity contribution is 5.93. The number of aryl methyl sites for hydroxylation is 1. The van der Waals surface area contributed by atoms with Gasteiger partial charge in [-0.3, -0.25) is 9.78 Å². The molecule has 8 heteroatoms. The first kappa shape index (κ1) is 19.0. The number of hydrogen-bond donors (Lipinski definition) is 2. The molecule has 3 aromatic rings. The van der Waals surface area contributed by atoms with Gasteiger partial charge in [-0.2, -0.15) is 0 Å². The molecule has 142 valence electrons. The second-order valence-corrected chi connectivity index (χ2v) is 5.89. The Morgan fingerprint density at radius 2 is 1.93 bits per heavy atom. The van der Waals surface area contributed by atoms with Gasteiger partial charge in [0.2, 0.25) is 0 Å². The Kier molecular flexibility index (Phi) is 5.91. The first-order valence-corrected chi connectivity index (χ1v) is 8.54. The summed E-state index contributed by atoms with van der Waals surface area (Å²) in [5.41, 5.74) is 2.03. The minimum absolute atomic E-state index is 0.232. The van der Waals surface area contributed by atoms with Crippen LogP contribution in [0.15, 0.2) is 54.7 Å². The van der Waals surface area contributed by atoms with Crippen molar-refractivity contribution in [3.63, 3.8) is 0 Å². The zero-order valence-corrected chi connectivity index (χ0v) is 15.5. The molecule has 0 bridgehead atoms. The van der Waals surface area contributed by atoms with Crippen LogP contribution in [0.25, 0.3) is 0 Å². The molecule has 0 spiro atoms. The highest BCUT2D eigenvalue weighted by Gasteiger charge is 2.12. The zero-order valence-electron chi connectivity index (χ0n) is 15.5. The maximum atomic E-state index is 12.4. The van der Waals surface area contributed by atoms with Crippen molar-refractivity contribution in [2.45, 2.75) is 13.5 Å². The smallest absolute Gasteiger partial charge is 0.337 e. The monoisotopic (exact) mass is 377 g/mol. The molecule has 1 amide bonds. The third-order valence-corrected chi connectivity index (χ3v) is 3.78. The maximum absolute atomic E-state index is 12.4. The number of nitrogens with zero attached hydrogens (tertiary/aromatic N) is 3. The van der Waals surface area contributed by atoms with E-state index in [1.165, 1.54) is 7.11 Å². The van der Waals surface area contributed by atoms with Gasteiger partial charge in [-0.25, -0.2) is 14.8 Å². The van der Waals surface area contributed by atoms with Gasteiger partial charge in [-0.05, 0) is 37.3 Å². The number of nitrogens with one attached hydrogen (secondary N) is 2. The standard InChI is InChI=1S/C20H19N5O3/c1-13-23-17(19(26)22-12-16-7-3-4-9-21-16)11-18(24-13)25-15-8-5-6-14(10-15)20(27)28-2/h3-11H,12H2,1-2H3,(H,22,26)(H,23,24,25). The molecule has 0 aliphatic carbocycles. The molecule has 2 heterocycles. The van der Waals surface area contributed by atoms with E-state index in [2.05, 4.69) is 25.6 Å². The Balaban J connectivity index is 1.74. The summed E-state index contributed by atoms with van der Waals surface area (Å²) in [5, 5.41) is 5.87. The van der Waals surface area contributed by atoms with E-state index in [-0.39, 0.29) is 11.6 Å². The van der Waals surface area contributed by atoms with E-state index < -0.39 is 5.97 Å². The number of hydrogen-bond acceptors (Lipinski definition) is 7. The van der Waals surface area contributed by atoms with Crippen molar-refractivity contribution in [2.24, 2.45) is 0 Å². The van der Waals surface area contributed by atoms with Crippen LogP contribution in [0.2, 0.25) is 0 Å². The van der Waals surface area contributed by atoms with Crippen molar-refractivity contribution in [1.82, 2.24) is 20.3 Å². The van der Waals surface area contributed by atoms with Gasteiger partial charge in [0.05, 0.1) is 24.9 Å².